The highest BCUT2D eigenvalue weighted by atomic mass is 16.2. The number of aromatic nitrogens is 2. The van der Waals surface area contributed by atoms with Crippen molar-refractivity contribution in [3.05, 3.63) is 18.1 Å². The predicted octanol–water partition coefficient (Wildman–Crippen LogP) is 0.674. The Kier molecular flexibility index (Phi) is 3.60. The monoisotopic (exact) mass is 208 g/mol. The van der Waals surface area contributed by atoms with Gasteiger partial charge >= 0.3 is 0 Å². The number of nitrogens with one attached hydrogen (secondary N) is 1. The van der Waals surface area contributed by atoms with Gasteiger partial charge in [-0.05, 0) is 13.8 Å². The maximum absolute atomic E-state index is 11.5. The quantitative estimate of drug-likeness (QED) is 0.793. The largest absolute Gasteiger partial charge is 0.357 e. The molecule has 1 atom stereocenters. The van der Waals surface area contributed by atoms with Crippen molar-refractivity contribution in [3.8, 4) is 0 Å². The third-order valence-electron chi connectivity index (χ3n) is 1.93. The van der Waals surface area contributed by atoms with E-state index in [1.165, 1.54) is 0 Å². The molecule has 1 amide bonds. The number of carbonyl (C=O) groups is 1. The fourth-order valence-electron chi connectivity index (χ4n) is 1.20. The summed E-state index contributed by atoms with van der Waals surface area (Å²) in [5, 5.41) is 3.00. The van der Waals surface area contributed by atoms with E-state index in [9.17, 15) is 4.79 Å². The second-order valence-corrected chi connectivity index (χ2v) is 3.64. The van der Waals surface area contributed by atoms with Crippen molar-refractivity contribution < 1.29 is 4.79 Å². The van der Waals surface area contributed by atoms with Gasteiger partial charge in [-0.3, -0.25) is 9.78 Å². The van der Waals surface area contributed by atoms with Crippen molar-refractivity contribution >= 4 is 11.7 Å². The summed E-state index contributed by atoms with van der Waals surface area (Å²) in [6, 6.07) is -0.295. The van der Waals surface area contributed by atoms with Crippen LogP contribution in [0.5, 0.6) is 0 Å². The highest BCUT2D eigenvalue weighted by molar-refractivity contribution is 5.83. The summed E-state index contributed by atoms with van der Waals surface area (Å²) >= 11 is 0. The number of anilines is 1. The number of amides is 1. The number of hydrogen-bond acceptors (Lipinski definition) is 4. The number of hydrogen-bond donors (Lipinski definition) is 1. The molecule has 0 unspecified atom stereocenters. The summed E-state index contributed by atoms with van der Waals surface area (Å²) in [7, 11) is 3.45. The molecule has 1 N–H and O–H groups in total. The summed E-state index contributed by atoms with van der Waals surface area (Å²) in [5.41, 5.74) is 0.824. The summed E-state index contributed by atoms with van der Waals surface area (Å²) < 4.78 is 0. The van der Waals surface area contributed by atoms with E-state index < -0.39 is 0 Å². The molecule has 0 aliphatic rings. The van der Waals surface area contributed by atoms with Crippen LogP contribution in [0.15, 0.2) is 12.4 Å². The lowest BCUT2D eigenvalue weighted by atomic mass is 10.3. The first-order valence-electron chi connectivity index (χ1n) is 4.77. The summed E-state index contributed by atoms with van der Waals surface area (Å²) in [6.07, 6.45) is 3.27. The van der Waals surface area contributed by atoms with Crippen molar-refractivity contribution in [1.82, 2.24) is 14.9 Å². The number of aryl methyl sites for hydroxylation is 1. The molecular weight excluding hydrogens is 192 g/mol. The van der Waals surface area contributed by atoms with E-state index in [4.69, 9.17) is 0 Å². The lowest BCUT2D eigenvalue weighted by molar-refractivity contribution is -0.129. The Morgan fingerprint density at radius 3 is 2.67 bits per heavy atom. The van der Waals surface area contributed by atoms with Crippen molar-refractivity contribution in [1.29, 1.82) is 0 Å². The fourth-order valence-corrected chi connectivity index (χ4v) is 1.20. The van der Waals surface area contributed by atoms with Gasteiger partial charge in [0.15, 0.2) is 0 Å². The minimum absolute atomic E-state index is 0.0123. The van der Waals surface area contributed by atoms with E-state index in [0.29, 0.717) is 5.82 Å². The minimum Gasteiger partial charge on any atom is -0.357 e. The number of likely N-dealkylation sites (N-methyl/N-ethyl adjacent to an activating group) is 1. The second-order valence-electron chi connectivity index (χ2n) is 3.64. The van der Waals surface area contributed by atoms with Crippen molar-refractivity contribution in [2.45, 2.75) is 19.9 Å². The molecule has 0 saturated carbocycles. The molecule has 15 heavy (non-hydrogen) atoms. The molecule has 1 rings (SSSR count). The van der Waals surface area contributed by atoms with Crippen LogP contribution in [0.4, 0.5) is 5.82 Å². The Balaban J connectivity index is 2.66. The Morgan fingerprint density at radius 2 is 2.13 bits per heavy atom. The van der Waals surface area contributed by atoms with Crippen LogP contribution in [0.25, 0.3) is 0 Å². The van der Waals surface area contributed by atoms with E-state index in [2.05, 4.69) is 15.3 Å². The van der Waals surface area contributed by atoms with Gasteiger partial charge in [-0.2, -0.15) is 0 Å². The molecule has 0 aromatic carbocycles. The standard InChI is InChI=1S/C10H16N4O/c1-7-5-11-6-9(12-7)13-8(2)10(15)14(3)4/h5-6,8H,1-4H3,(H,12,13)/t8-/m0/s1. The fraction of sp³-hybridized carbons (Fsp3) is 0.500. The molecule has 0 radical (unpaired) electrons. The van der Waals surface area contributed by atoms with Crippen LogP contribution in [0.3, 0.4) is 0 Å². The molecule has 0 bridgehead atoms. The van der Waals surface area contributed by atoms with Gasteiger partial charge in [0.05, 0.1) is 11.9 Å². The van der Waals surface area contributed by atoms with Crippen molar-refractivity contribution in [2.75, 3.05) is 19.4 Å². The molecule has 0 aliphatic heterocycles. The Labute approximate surface area is 89.5 Å². The molecule has 5 nitrogen and oxygen atoms in total. The van der Waals surface area contributed by atoms with Gasteiger partial charge in [0.25, 0.3) is 0 Å². The molecule has 0 saturated heterocycles. The zero-order valence-corrected chi connectivity index (χ0v) is 9.48. The minimum atomic E-state index is -0.295. The van der Waals surface area contributed by atoms with Crippen LogP contribution < -0.4 is 5.32 Å². The highest BCUT2D eigenvalue weighted by Crippen LogP contribution is 2.04. The zero-order chi connectivity index (χ0) is 11.4. The topological polar surface area (TPSA) is 58.1 Å². The van der Waals surface area contributed by atoms with Crippen molar-refractivity contribution in [3.63, 3.8) is 0 Å². The third-order valence-corrected chi connectivity index (χ3v) is 1.93. The van der Waals surface area contributed by atoms with Gasteiger partial charge < -0.3 is 10.2 Å². The van der Waals surface area contributed by atoms with Crippen LogP contribution >= 0.6 is 0 Å². The van der Waals surface area contributed by atoms with Gasteiger partial charge in [0, 0.05) is 20.3 Å². The molecular formula is C10H16N4O. The van der Waals surface area contributed by atoms with Gasteiger partial charge in [-0.15, -0.1) is 0 Å². The lowest BCUT2D eigenvalue weighted by Gasteiger charge is -2.18. The van der Waals surface area contributed by atoms with E-state index in [-0.39, 0.29) is 11.9 Å². The van der Waals surface area contributed by atoms with E-state index in [1.54, 1.807) is 38.3 Å². The first kappa shape index (κ1) is 11.4. The average molecular weight is 208 g/mol. The van der Waals surface area contributed by atoms with Crippen LogP contribution in [-0.4, -0.2) is 40.9 Å². The molecule has 0 fully saturated rings. The van der Waals surface area contributed by atoms with Crippen LogP contribution in [0.1, 0.15) is 12.6 Å². The van der Waals surface area contributed by atoms with Crippen LogP contribution in [0.2, 0.25) is 0 Å². The Hall–Kier alpha value is -1.65. The van der Waals surface area contributed by atoms with E-state index in [0.717, 1.165) is 5.69 Å². The molecule has 1 aromatic rings. The first-order chi connectivity index (χ1) is 7.00. The van der Waals surface area contributed by atoms with Gasteiger partial charge in [-0.25, -0.2) is 4.98 Å². The maximum atomic E-state index is 11.5. The SMILES string of the molecule is Cc1cncc(N[C@@H](C)C(=O)N(C)C)n1. The Morgan fingerprint density at radius 1 is 1.47 bits per heavy atom. The molecule has 5 heteroatoms. The first-order valence-corrected chi connectivity index (χ1v) is 4.77. The predicted molar refractivity (Wildman–Crippen MR) is 58.5 cm³/mol. The second kappa shape index (κ2) is 4.72. The maximum Gasteiger partial charge on any atom is 0.244 e. The zero-order valence-electron chi connectivity index (χ0n) is 9.48. The average Bonchev–Trinajstić information content (AvgIpc) is 2.16. The van der Waals surface area contributed by atoms with Gasteiger partial charge in [0.1, 0.15) is 11.9 Å². The van der Waals surface area contributed by atoms with Gasteiger partial charge in [0.2, 0.25) is 5.91 Å². The third kappa shape index (κ3) is 3.19. The van der Waals surface area contributed by atoms with Crippen LogP contribution in [0, 0.1) is 6.92 Å². The molecule has 82 valence electrons. The van der Waals surface area contributed by atoms with Gasteiger partial charge in [-0.1, -0.05) is 0 Å². The lowest BCUT2D eigenvalue weighted by Crippen LogP contribution is -2.36. The Bertz CT molecular complexity index is 351. The van der Waals surface area contributed by atoms with E-state index >= 15 is 0 Å². The molecule has 1 heterocycles. The summed E-state index contributed by atoms with van der Waals surface area (Å²) in [5.74, 6) is 0.635. The smallest absolute Gasteiger partial charge is 0.244 e. The molecule has 1 aromatic heterocycles. The van der Waals surface area contributed by atoms with E-state index in [1.807, 2.05) is 6.92 Å². The van der Waals surface area contributed by atoms with Crippen molar-refractivity contribution in [2.24, 2.45) is 0 Å². The number of nitrogens with zero attached hydrogens (tertiary/aromatic N) is 3. The van der Waals surface area contributed by atoms with Crippen LogP contribution in [-0.2, 0) is 4.79 Å². The number of carbonyl (C=O) groups excluding carboxylic acids is 1. The molecule has 0 spiro atoms. The highest BCUT2D eigenvalue weighted by Gasteiger charge is 2.14. The normalized spacial score (nSPS) is 12.0. The summed E-state index contributed by atoms with van der Waals surface area (Å²) in [4.78, 5) is 21.3. The summed E-state index contributed by atoms with van der Waals surface area (Å²) in [6.45, 7) is 3.66. The number of rotatable bonds is 3. The molecule has 0 aliphatic carbocycles.